The average molecular weight is 488 g/mol. The summed E-state index contributed by atoms with van der Waals surface area (Å²) in [4.78, 5) is 29.5. The molecular formula is C26H29N7OS. The van der Waals surface area contributed by atoms with Gasteiger partial charge in [-0.15, -0.1) is 0 Å². The number of aromatic nitrogens is 5. The molecular weight excluding hydrogens is 458 g/mol. The van der Waals surface area contributed by atoms with Crippen molar-refractivity contribution in [2.24, 2.45) is 5.41 Å². The second-order valence-electron chi connectivity index (χ2n) is 9.81. The van der Waals surface area contributed by atoms with Crippen molar-refractivity contribution >= 4 is 44.1 Å². The van der Waals surface area contributed by atoms with Crippen LogP contribution in [0.15, 0.2) is 42.7 Å². The molecule has 0 fully saturated rings. The van der Waals surface area contributed by atoms with Gasteiger partial charge in [-0.05, 0) is 55.2 Å². The molecule has 0 saturated carbocycles. The van der Waals surface area contributed by atoms with Gasteiger partial charge in [-0.3, -0.25) is 9.89 Å². The van der Waals surface area contributed by atoms with Gasteiger partial charge in [0.15, 0.2) is 5.13 Å². The van der Waals surface area contributed by atoms with Crippen molar-refractivity contribution in [2.45, 2.75) is 40.5 Å². The normalized spacial score (nSPS) is 14.6. The van der Waals surface area contributed by atoms with E-state index in [9.17, 15) is 4.79 Å². The van der Waals surface area contributed by atoms with E-state index in [2.05, 4.69) is 31.6 Å². The Kier molecular flexibility index (Phi) is 6.10. The van der Waals surface area contributed by atoms with Crippen molar-refractivity contribution in [3.8, 4) is 11.3 Å². The zero-order valence-corrected chi connectivity index (χ0v) is 21.2. The van der Waals surface area contributed by atoms with Gasteiger partial charge in [-0.1, -0.05) is 38.2 Å². The second-order valence-corrected chi connectivity index (χ2v) is 10.8. The van der Waals surface area contributed by atoms with E-state index < -0.39 is 0 Å². The predicted molar refractivity (Wildman–Crippen MR) is 140 cm³/mol. The summed E-state index contributed by atoms with van der Waals surface area (Å²) < 4.78 is 0. The first-order valence-corrected chi connectivity index (χ1v) is 12.6. The summed E-state index contributed by atoms with van der Waals surface area (Å²) >= 11 is 1.50. The number of rotatable bonds is 4. The molecule has 0 spiro atoms. The Balaban J connectivity index is 1.32. The number of pyridine rings is 2. The fourth-order valence-corrected chi connectivity index (χ4v) is 5.09. The zero-order valence-electron chi connectivity index (χ0n) is 20.4. The zero-order chi connectivity index (χ0) is 24.6. The van der Waals surface area contributed by atoms with Crippen molar-refractivity contribution in [3.05, 3.63) is 54.0 Å². The third-order valence-electron chi connectivity index (χ3n) is 6.10. The summed E-state index contributed by atoms with van der Waals surface area (Å²) in [7, 11) is 0. The third-order valence-corrected chi connectivity index (χ3v) is 6.98. The molecule has 0 bridgehead atoms. The van der Waals surface area contributed by atoms with E-state index in [0.29, 0.717) is 0 Å². The third kappa shape index (κ3) is 4.95. The summed E-state index contributed by atoms with van der Waals surface area (Å²) in [6, 6.07) is 8.02. The highest BCUT2D eigenvalue weighted by molar-refractivity contribution is 7.21. The quantitative estimate of drug-likeness (QED) is 0.390. The molecule has 1 aliphatic rings. The number of amides is 1. The molecule has 0 radical (unpaired) electrons. The maximum absolute atomic E-state index is 12.7. The summed E-state index contributed by atoms with van der Waals surface area (Å²) in [5, 5.41) is 11.1. The molecule has 0 unspecified atom stereocenters. The first-order chi connectivity index (χ1) is 16.8. The number of hydrogen-bond donors (Lipinski definition) is 2. The van der Waals surface area contributed by atoms with Crippen molar-refractivity contribution in [1.29, 1.82) is 0 Å². The first-order valence-electron chi connectivity index (χ1n) is 11.8. The van der Waals surface area contributed by atoms with E-state index in [-0.39, 0.29) is 11.3 Å². The lowest BCUT2D eigenvalue weighted by Gasteiger charge is -2.28. The van der Waals surface area contributed by atoms with Gasteiger partial charge in [0, 0.05) is 36.0 Å². The highest BCUT2D eigenvalue weighted by Crippen LogP contribution is 2.31. The molecule has 1 aliphatic heterocycles. The number of thiazole rings is 1. The first kappa shape index (κ1) is 23.2. The Morgan fingerprint density at radius 1 is 1.17 bits per heavy atom. The number of anilines is 2. The molecule has 5 rings (SSSR count). The van der Waals surface area contributed by atoms with E-state index in [0.717, 1.165) is 69.7 Å². The molecule has 35 heavy (non-hydrogen) atoms. The van der Waals surface area contributed by atoms with Crippen LogP contribution in [0.3, 0.4) is 0 Å². The van der Waals surface area contributed by atoms with Gasteiger partial charge < -0.3 is 10.2 Å². The molecule has 9 heteroatoms. The highest BCUT2D eigenvalue weighted by atomic mass is 32.1. The summed E-state index contributed by atoms with van der Waals surface area (Å²) in [6.45, 7) is 9.41. The SMILES string of the molecule is Cc1[nH]ncc1-c1ccc2nc(Nc3cc(C4=CCCN(C(=O)C(C)(C)C)CC4)ccn3)sc2n1. The lowest BCUT2D eigenvalue weighted by Crippen LogP contribution is -2.40. The molecule has 4 aromatic heterocycles. The minimum Gasteiger partial charge on any atom is -0.342 e. The average Bonchev–Trinajstić information content (AvgIpc) is 3.34. The van der Waals surface area contributed by atoms with Gasteiger partial charge >= 0.3 is 0 Å². The van der Waals surface area contributed by atoms with Gasteiger partial charge in [0.2, 0.25) is 5.91 Å². The lowest BCUT2D eigenvalue weighted by atomic mass is 9.94. The minimum atomic E-state index is -0.359. The number of aromatic amines is 1. The van der Waals surface area contributed by atoms with E-state index in [1.807, 2.05) is 63.1 Å². The molecule has 5 heterocycles. The highest BCUT2D eigenvalue weighted by Gasteiger charge is 2.27. The van der Waals surface area contributed by atoms with Crippen LogP contribution in [-0.2, 0) is 4.79 Å². The Hall–Kier alpha value is -3.59. The Morgan fingerprint density at radius 2 is 2.03 bits per heavy atom. The van der Waals surface area contributed by atoms with Crippen LogP contribution in [0.5, 0.6) is 0 Å². The van der Waals surface area contributed by atoms with Crippen LogP contribution in [0, 0.1) is 12.3 Å². The van der Waals surface area contributed by atoms with Crippen molar-refractivity contribution in [2.75, 3.05) is 18.4 Å². The number of aryl methyl sites for hydroxylation is 1. The maximum atomic E-state index is 12.7. The van der Waals surface area contributed by atoms with Crippen molar-refractivity contribution < 1.29 is 4.79 Å². The fraction of sp³-hybridized carbons (Fsp3) is 0.346. The van der Waals surface area contributed by atoms with Gasteiger partial charge in [-0.2, -0.15) is 5.10 Å². The number of carbonyl (C=O) groups excluding carboxylic acids is 1. The number of nitrogens with zero attached hydrogens (tertiary/aromatic N) is 5. The second kappa shape index (κ2) is 9.22. The standard InChI is InChI=1S/C26H29N7OS/c1-16-19(15-28-32-16)20-7-8-21-23(29-20)35-25(30-21)31-22-14-18(9-11-27-22)17-6-5-12-33(13-10-17)24(34)26(2,3)4/h6-9,11,14-15H,5,10,12-13H2,1-4H3,(H,28,32)(H,27,30,31). The largest absolute Gasteiger partial charge is 0.342 e. The Bertz CT molecular complexity index is 1410. The van der Waals surface area contributed by atoms with Gasteiger partial charge in [0.05, 0.1) is 11.9 Å². The van der Waals surface area contributed by atoms with Crippen LogP contribution < -0.4 is 5.32 Å². The van der Waals surface area contributed by atoms with Crippen molar-refractivity contribution in [3.63, 3.8) is 0 Å². The number of hydrogen-bond acceptors (Lipinski definition) is 7. The van der Waals surface area contributed by atoms with Gasteiger partial charge in [0.25, 0.3) is 0 Å². The topological polar surface area (TPSA) is 99.7 Å². The molecule has 1 amide bonds. The van der Waals surface area contributed by atoms with Crippen LogP contribution >= 0.6 is 11.3 Å². The number of nitrogens with one attached hydrogen (secondary N) is 2. The number of H-pyrrole nitrogens is 1. The molecule has 180 valence electrons. The minimum absolute atomic E-state index is 0.208. The lowest BCUT2D eigenvalue weighted by molar-refractivity contribution is -0.139. The van der Waals surface area contributed by atoms with E-state index in [1.165, 1.54) is 16.9 Å². The molecule has 0 saturated heterocycles. The molecule has 4 aromatic rings. The van der Waals surface area contributed by atoms with Crippen LogP contribution in [0.4, 0.5) is 10.9 Å². The van der Waals surface area contributed by atoms with Crippen LogP contribution in [0.25, 0.3) is 27.2 Å². The molecule has 0 atom stereocenters. The molecule has 8 nitrogen and oxygen atoms in total. The van der Waals surface area contributed by atoms with Gasteiger partial charge in [-0.25, -0.2) is 15.0 Å². The smallest absolute Gasteiger partial charge is 0.227 e. The molecule has 2 N–H and O–H groups in total. The van der Waals surface area contributed by atoms with E-state index >= 15 is 0 Å². The van der Waals surface area contributed by atoms with Crippen LogP contribution in [0.1, 0.15) is 44.9 Å². The van der Waals surface area contributed by atoms with Gasteiger partial charge in [0.1, 0.15) is 16.2 Å². The summed E-state index contributed by atoms with van der Waals surface area (Å²) in [6.07, 6.45) is 7.53. The summed E-state index contributed by atoms with van der Waals surface area (Å²) in [5.41, 5.74) is 5.69. The maximum Gasteiger partial charge on any atom is 0.227 e. The van der Waals surface area contributed by atoms with E-state index in [1.54, 1.807) is 6.20 Å². The van der Waals surface area contributed by atoms with Crippen LogP contribution in [0.2, 0.25) is 0 Å². The monoisotopic (exact) mass is 487 g/mol. The summed E-state index contributed by atoms with van der Waals surface area (Å²) in [5.74, 6) is 0.944. The van der Waals surface area contributed by atoms with Crippen molar-refractivity contribution in [1.82, 2.24) is 30.0 Å². The fourth-order valence-electron chi connectivity index (χ4n) is 4.24. The number of fused-ring (bicyclic) bond motifs is 1. The predicted octanol–water partition coefficient (Wildman–Crippen LogP) is 5.58. The Morgan fingerprint density at radius 3 is 2.80 bits per heavy atom. The van der Waals surface area contributed by atoms with Crippen LogP contribution in [-0.4, -0.2) is 49.0 Å². The van der Waals surface area contributed by atoms with E-state index in [4.69, 9.17) is 4.98 Å². The molecule has 0 aliphatic carbocycles. The Labute approximate surface area is 208 Å². The molecule has 0 aromatic carbocycles. The number of carbonyl (C=O) groups is 1.